The Morgan fingerprint density at radius 2 is 2.25 bits per heavy atom. The van der Waals surface area contributed by atoms with Crippen molar-refractivity contribution >= 4 is 21.8 Å². The number of carbonyl (C=O) groups excluding carboxylic acids is 1. The van der Waals surface area contributed by atoms with Crippen LogP contribution in [0.3, 0.4) is 0 Å². The van der Waals surface area contributed by atoms with E-state index in [0.29, 0.717) is 5.69 Å². The topological polar surface area (TPSA) is 42.0 Å². The maximum atomic E-state index is 12.0. The molecule has 0 aliphatic rings. The van der Waals surface area contributed by atoms with Gasteiger partial charge in [0.05, 0.1) is 0 Å². The molecular formula is C12H17BrN2O. The van der Waals surface area contributed by atoms with Crippen molar-refractivity contribution in [2.24, 2.45) is 0 Å². The number of aryl methyl sites for hydroxylation is 1. The number of alkyl halides is 1. The highest BCUT2D eigenvalue weighted by Crippen LogP contribution is 2.12. The minimum Gasteiger partial charge on any atom is -0.346 e. The van der Waals surface area contributed by atoms with E-state index in [1.807, 2.05) is 32.9 Å². The first kappa shape index (κ1) is 13.2. The number of carbonyl (C=O) groups is 1. The molecule has 1 rings (SSSR count). The highest BCUT2D eigenvalue weighted by molar-refractivity contribution is 9.09. The van der Waals surface area contributed by atoms with E-state index in [2.05, 4.69) is 26.2 Å². The zero-order valence-electron chi connectivity index (χ0n) is 9.88. The van der Waals surface area contributed by atoms with Gasteiger partial charge in [-0.05, 0) is 38.8 Å². The third-order valence-electron chi connectivity index (χ3n) is 2.40. The van der Waals surface area contributed by atoms with E-state index in [1.165, 1.54) is 0 Å². The van der Waals surface area contributed by atoms with Crippen LogP contribution in [0.15, 0.2) is 18.3 Å². The number of nitrogens with one attached hydrogen (secondary N) is 1. The number of rotatable bonds is 4. The fourth-order valence-electron chi connectivity index (χ4n) is 1.39. The summed E-state index contributed by atoms with van der Waals surface area (Å²) in [7, 11) is 0. The molecule has 0 aliphatic heterocycles. The first-order chi connectivity index (χ1) is 7.46. The molecule has 0 aliphatic carbocycles. The lowest BCUT2D eigenvalue weighted by atomic mass is 10.0. The van der Waals surface area contributed by atoms with Crippen LogP contribution < -0.4 is 5.32 Å². The first-order valence-corrected chi connectivity index (χ1v) is 6.38. The van der Waals surface area contributed by atoms with Crippen molar-refractivity contribution in [3.05, 3.63) is 29.6 Å². The second kappa shape index (κ2) is 5.43. The van der Waals surface area contributed by atoms with Crippen LogP contribution in [-0.2, 0) is 0 Å². The average molecular weight is 285 g/mol. The third kappa shape index (κ3) is 3.59. The number of amides is 1. The predicted molar refractivity (Wildman–Crippen MR) is 68.9 cm³/mol. The fourth-order valence-corrected chi connectivity index (χ4v) is 2.38. The number of nitrogens with zero attached hydrogens (tertiary/aromatic N) is 1. The largest absolute Gasteiger partial charge is 0.346 e. The summed E-state index contributed by atoms with van der Waals surface area (Å²) in [5, 5.41) is 3.85. The molecule has 1 N–H and O–H groups in total. The summed E-state index contributed by atoms with van der Waals surface area (Å²) in [6.45, 7) is 5.90. The molecule has 0 radical (unpaired) electrons. The van der Waals surface area contributed by atoms with Gasteiger partial charge in [-0.1, -0.05) is 22.0 Å². The Hall–Kier alpha value is -0.900. The van der Waals surface area contributed by atoms with Gasteiger partial charge < -0.3 is 5.32 Å². The highest BCUT2D eigenvalue weighted by atomic mass is 79.9. The lowest BCUT2D eigenvalue weighted by molar-refractivity contribution is 0.0906. The Morgan fingerprint density at radius 3 is 2.81 bits per heavy atom. The van der Waals surface area contributed by atoms with Crippen molar-refractivity contribution in [3.63, 3.8) is 0 Å². The van der Waals surface area contributed by atoms with Gasteiger partial charge in [0.1, 0.15) is 5.69 Å². The van der Waals surface area contributed by atoms with E-state index in [1.54, 1.807) is 6.20 Å². The number of hydrogen-bond acceptors (Lipinski definition) is 2. The molecule has 0 spiro atoms. The summed E-state index contributed by atoms with van der Waals surface area (Å²) in [6.07, 6.45) is 2.52. The lowest BCUT2D eigenvalue weighted by Gasteiger charge is -2.25. The molecule has 16 heavy (non-hydrogen) atoms. The summed E-state index contributed by atoms with van der Waals surface area (Å²) in [5.41, 5.74) is 1.18. The van der Waals surface area contributed by atoms with E-state index in [9.17, 15) is 4.79 Å². The van der Waals surface area contributed by atoms with Crippen LogP contribution in [-0.4, -0.2) is 21.8 Å². The molecule has 1 amide bonds. The zero-order chi connectivity index (χ0) is 12.2. The fraction of sp³-hybridized carbons (Fsp3) is 0.500. The minimum absolute atomic E-state index is 0.107. The predicted octanol–water partition coefficient (Wildman–Crippen LogP) is 2.68. The Morgan fingerprint density at radius 1 is 1.56 bits per heavy atom. The maximum absolute atomic E-state index is 12.0. The molecule has 0 unspecified atom stereocenters. The molecule has 1 aromatic rings. The van der Waals surface area contributed by atoms with E-state index in [4.69, 9.17) is 0 Å². The van der Waals surface area contributed by atoms with E-state index in [0.717, 1.165) is 17.3 Å². The highest BCUT2D eigenvalue weighted by Gasteiger charge is 2.21. The molecule has 88 valence electrons. The standard InChI is InChI=1S/C12H17BrN2O/c1-9-5-4-8-14-10(9)11(16)15-12(2,3)6-7-13/h4-5,8H,6-7H2,1-3H3,(H,15,16). The molecule has 0 saturated carbocycles. The molecule has 0 bridgehead atoms. The number of hydrogen-bond donors (Lipinski definition) is 1. The minimum atomic E-state index is -0.218. The van der Waals surface area contributed by atoms with Crippen molar-refractivity contribution in [1.82, 2.24) is 10.3 Å². The molecule has 3 nitrogen and oxygen atoms in total. The normalized spacial score (nSPS) is 11.2. The SMILES string of the molecule is Cc1cccnc1C(=O)NC(C)(C)CCBr. The monoisotopic (exact) mass is 284 g/mol. The number of aromatic nitrogens is 1. The van der Waals surface area contributed by atoms with Crippen molar-refractivity contribution in [3.8, 4) is 0 Å². The van der Waals surface area contributed by atoms with E-state index in [-0.39, 0.29) is 11.4 Å². The second-order valence-corrected chi connectivity index (χ2v) is 5.24. The molecule has 1 heterocycles. The number of pyridine rings is 1. The van der Waals surface area contributed by atoms with Crippen molar-refractivity contribution in [2.75, 3.05) is 5.33 Å². The van der Waals surface area contributed by atoms with Gasteiger partial charge in [-0.3, -0.25) is 9.78 Å². The van der Waals surface area contributed by atoms with Crippen molar-refractivity contribution in [2.45, 2.75) is 32.7 Å². The summed E-state index contributed by atoms with van der Waals surface area (Å²) in [5.74, 6) is -0.107. The molecule has 0 atom stereocenters. The molecule has 4 heteroatoms. The van der Waals surface area contributed by atoms with Gasteiger partial charge in [0.2, 0.25) is 0 Å². The molecule has 0 fully saturated rings. The summed E-state index contributed by atoms with van der Waals surface area (Å²) in [4.78, 5) is 16.1. The van der Waals surface area contributed by atoms with Crippen LogP contribution in [0.1, 0.15) is 36.3 Å². The van der Waals surface area contributed by atoms with Gasteiger partial charge in [0.25, 0.3) is 5.91 Å². The van der Waals surface area contributed by atoms with Crippen LogP contribution in [0.25, 0.3) is 0 Å². The average Bonchev–Trinajstić information content (AvgIpc) is 2.17. The summed E-state index contributed by atoms with van der Waals surface area (Å²) >= 11 is 3.38. The second-order valence-electron chi connectivity index (χ2n) is 4.45. The zero-order valence-corrected chi connectivity index (χ0v) is 11.5. The Balaban J connectivity index is 2.77. The Kier molecular flexibility index (Phi) is 4.47. The number of halogens is 1. The van der Waals surface area contributed by atoms with Gasteiger partial charge in [-0.2, -0.15) is 0 Å². The van der Waals surface area contributed by atoms with Gasteiger partial charge in [0, 0.05) is 17.1 Å². The van der Waals surface area contributed by atoms with E-state index < -0.39 is 0 Å². The Bertz CT molecular complexity index is 377. The van der Waals surface area contributed by atoms with Crippen LogP contribution in [0, 0.1) is 6.92 Å². The van der Waals surface area contributed by atoms with Gasteiger partial charge in [0.15, 0.2) is 0 Å². The van der Waals surface area contributed by atoms with Crippen LogP contribution >= 0.6 is 15.9 Å². The quantitative estimate of drug-likeness (QED) is 0.864. The van der Waals surface area contributed by atoms with Crippen LogP contribution in [0.2, 0.25) is 0 Å². The van der Waals surface area contributed by atoms with E-state index >= 15 is 0 Å². The van der Waals surface area contributed by atoms with Crippen molar-refractivity contribution in [1.29, 1.82) is 0 Å². The lowest BCUT2D eigenvalue weighted by Crippen LogP contribution is -2.44. The smallest absolute Gasteiger partial charge is 0.270 e. The molecule has 0 saturated heterocycles. The van der Waals surface area contributed by atoms with Gasteiger partial charge in [-0.25, -0.2) is 0 Å². The first-order valence-electron chi connectivity index (χ1n) is 5.26. The van der Waals surface area contributed by atoms with Crippen LogP contribution in [0.5, 0.6) is 0 Å². The maximum Gasteiger partial charge on any atom is 0.270 e. The summed E-state index contributed by atoms with van der Waals surface area (Å²) < 4.78 is 0. The molecule has 1 aromatic heterocycles. The van der Waals surface area contributed by atoms with Gasteiger partial charge >= 0.3 is 0 Å². The molecular weight excluding hydrogens is 268 g/mol. The van der Waals surface area contributed by atoms with Crippen LogP contribution in [0.4, 0.5) is 0 Å². The Labute approximate surface area is 105 Å². The summed E-state index contributed by atoms with van der Waals surface area (Å²) in [6, 6.07) is 3.72. The third-order valence-corrected chi connectivity index (χ3v) is 2.79. The van der Waals surface area contributed by atoms with Crippen molar-refractivity contribution < 1.29 is 4.79 Å². The van der Waals surface area contributed by atoms with Gasteiger partial charge in [-0.15, -0.1) is 0 Å². The molecule has 0 aromatic carbocycles.